The van der Waals surface area contributed by atoms with Crippen molar-refractivity contribution in [3.05, 3.63) is 0 Å². The van der Waals surface area contributed by atoms with Gasteiger partial charge in [-0.1, -0.05) is 81.1 Å². The first-order valence-corrected chi connectivity index (χ1v) is 31.0. The largest absolute Gasteiger partial charge is 0.293 e. The molecule has 65 heavy (non-hydrogen) atoms. The van der Waals surface area contributed by atoms with Crippen molar-refractivity contribution < 1.29 is 0 Å². The first-order chi connectivity index (χ1) is 31.3. The van der Waals surface area contributed by atoms with Crippen LogP contribution in [-0.2, 0) is 0 Å². The summed E-state index contributed by atoms with van der Waals surface area (Å²) in [6.45, 7) is 21.3. The van der Waals surface area contributed by atoms with Crippen molar-refractivity contribution in [2.75, 3.05) is 0 Å². The smallest absolute Gasteiger partial charge is 0.0494 e. The zero-order chi connectivity index (χ0) is 45.2. The van der Waals surface area contributed by atoms with Crippen LogP contribution < -0.4 is 0 Å². The molecule has 11 fully saturated rings. The van der Waals surface area contributed by atoms with Crippen LogP contribution in [0.25, 0.3) is 0 Å². The highest BCUT2D eigenvalue weighted by Gasteiger charge is 2.64. The van der Waals surface area contributed by atoms with Gasteiger partial charge < -0.3 is 0 Å². The van der Waals surface area contributed by atoms with Crippen molar-refractivity contribution >= 4 is 23.2 Å². The molecule has 0 aromatic heterocycles. The molecule has 22 atom stereocenters. The molecule has 0 aromatic carbocycles. The highest BCUT2D eigenvalue weighted by molar-refractivity contribution is 6.21. The Morgan fingerprint density at radius 2 is 0.692 bits per heavy atom. The summed E-state index contributed by atoms with van der Waals surface area (Å²) in [4.78, 5) is 6.61. The molecule has 370 valence electrons. The van der Waals surface area contributed by atoms with E-state index in [-0.39, 0.29) is 0 Å². The molecule has 11 rings (SSSR count). The van der Waals surface area contributed by atoms with Gasteiger partial charge in [0, 0.05) is 47.0 Å². The zero-order valence-electron chi connectivity index (χ0n) is 43.7. The fourth-order valence-corrected chi connectivity index (χ4v) is 24.2. The lowest BCUT2D eigenvalue weighted by atomic mass is 9.61. The minimum Gasteiger partial charge on any atom is -0.293 e. The molecule has 2 nitrogen and oxygen atoms in total. The third-order valence-electron chi connectivity index (χ3n) is 25.9. The van der Waals surface area contributed by atoms with Crippen LogP contribution in [0.4, 0.5) is 0 Å². The summed E-state index contributed by atoms with van der Waals surface area (Å²) in [5.74, 6) is 13.1. The van der Waals surface area contributed by atoms with E-state index >= 15 is 0 Å². The lowest BCUT2D eigenvalue weighted by Gasteiger charge is -2.55. The average molecular weight is 934 g/mol. The number of rotatable bonds is 8. The second kappa shape index (κ2) is 18.5. The van der Waals surface area contributed by atoms with Crippen LogP contribution >= 0.6 is 23.2 Å². The average Bonchev–Trinajstić information content (AvgIpc) is 3.81. The summed E-state index contributed by atoms with van der Waals surface area (Å²) in [5, 5.41) is 0.659. The molecule has 0 spiro atoms. The summed E-state index contributed by atoms with van der Waals surface area (Å²) in [5.41, 5.74) is 1.51. The first-order valence-electron chi connectivity index (χ1n) is 30.1. The molecule has 0 N–H and O–H groups in total. The van der Waals surface area contributed by atoms with Gasteiger partial charge in [-0.25, -0.2) is 0 Å². The molecule has 0 radical (unpaired) electrons. The lowest BCUT2D eigenvalue weighted by molar-refractivity contribution is -0.0450. The number of nitrogens with zero attached hydrogens (tertiary/aromatic N) is 2. The second-order valence-corrected chi connectivity index (χ2v) is 29.7. The Hall–Kier alpha value is 0.500. The van der Waals surface area contributed by atoms with Gasteiger partial charge in [-0.2, -0.15) is 0 Å². The normalized spacial score (nSPS) is 52.2. The Balaban J connectivity index is 0.869. The molecule has 0 heterocycles. The van der Waals surface area contributed by atoms with Gasteiger partial charge in [0.25, 0.3) is 0 Å². The molecule has 11 aliphatic carbocycles. The van der Waals surface area contributed by atoms with Gasteiger partial charge in [0.2, 0.25) is 0 Å². The summed E-state index contributed by atoms with van der Waals surface area (Å²) in [7, 11) is 0. The summed E-state index contributed by atoms with van der Waals surface area (Å²) in [6.07, 6.45) is 40.5. The molecular formula is C61H102Cl2N2. The maximum absolute atomic E-state index is 7.71. The molecule has 0 aromatic rings. The van der Waals surface area contributed by atoms with Crippen molar-refractivity contribution in [2.24, 2.45) is 99.1 Å². The van der Waals surface area contributed by atoms with E-state index in [0.717, 1.165) is 107 Å². The second-order valence-electron chi connectivity index (χ2n) is 28.5. The van der Waals surface area contributed by atoms with E-state index in [9.17, 15) is 0 Å². The maximum Gasteiger partial charge on any atom is 0.0494 e. The molecule has 0 amide bonds. The van der Waals surface area contributed by atoms with Gasteiger partial charge in [-0.15, -0.1) is 23.2 Å². The Labute approximate surface area is 412 Å². The summed E-state index contributed by atoms with van der Waals surface area (Å²) >= 11 is 15.4. The molecule has 4 heteroatoms. The molecule has 11 aliphatic rings. The number of hydrogen-bond acceptors (Lipinski definition) is 2. The quantitative estimate of drug-likeness (QED) is 0.224. The predicted molar refractivity (Wildman–Crippen MR) is 277 cm³/mol. The van der Waals surface area contributed by atoms with Crippen molar-refractivity contribution in [3.8, 4) is 0 Å². The topological polar surface area (TPSA) is 6.48 Å². The fourth-order valence-electron chi connectivity index (χ4n) is 23.1. The fraction of sp³-hybridized carbons (Fsp3) is 1.00. The van der Waals surface area contributed by atoms with Crippen LogP contribution in [0.2, 0.25) is 0 Å². The van der Waals surface area contributed by atoms with E-state index in [2.05, 4.69) is 65.2 Å². The summed E-state index contributed by atoms with van der Waals surface area (Å²) < 4.78 is 0. The Morgan fingerprint density at radius 1 is 0.369 bits per heavy atom. The van der Waals surface area contributed by atoms with E-state index < -0.39 is 0 Å². The zero-order valence-corrected chi connectivity index (χ0v) is 45.2. The minimum absolute atomic E-state index is 0.329. The van der Waals surface area contributed by atoms with Crippen LogP contribution in [0.3, 0.4) is 0 Å². The van der Waals surface area contributed by atoms with Crippen LogP contribution in [0.1, 0.15) is 235 Å². The monoisotopic (exact) mass is 933 g/mol. The minimum atomic E-state index is 0.329. The molecule has 0 saturated heterocycles. The molecule has 0 bridgehead atoms. The lowest BCUT2D eigenvalue weighted by Crippen LogP contribution is -2.58. The van der Waals surface area contributed by atoms with Gasteiger partial charge >= 0.3 is 0 Å². The molecular weight excluding hydrogens is 832 g/mol. The Bertz CT molecular complexity index is 1520. The standard InChI is InChI=1S/C61H102Cl2N2/c1-9-61(10-2)53-35-41(64(57-29-19-37(3)31-55(57)62)39-21-25-45-43-15-11-13-17-49(43)59(5,6)51(45)33-39)23-27-47(53)48-28-24-42(36-54(48)61)65(58-30-20-38(4)32-56(58)63)40-22-26-46-44-16-12-14-18-50(44)60(7,8)52(46)34-40/h37-58H,9-36H2,1-8H3. The van der Waals surface area contributed by atoms with E-state index in [1.165, 1.54) is 180 Å². The van der Waals surface area contributed by atoms with Crippen molar-refractivity contribution in [1.82, 2.24) is 9.80 Å². The first kappa shape index (κ1) is 47.8. The van der Waals surface area contributed by atoms with Crippen LogP contribution in [0.5, 0.6) is 0 Å². The van der Waals surface area contributed by atoms with E-state index in [0.29, 0.717) is 39.1 Å². The van der Waals surface area contributed by atoms with Crippen molar-refractivity contribution in [1.29, 1.82) is 0 Å². The number of hydrogen-bond donors (Lipinski definition) is 0. The van der Waals surface area contributed by atoms with Gasteiger partial charge in [0.05, 0.1) is 0 Å². The SMILES string of the molecule is CCC1(CC)C2CC(N(C3CCC4C5CCCCC5C(C)(C)C4C3)C3CCC(C)CC3Cl)CCC2C2CCC(N(C3CCC4C5CCCCC5C(C)(C)C4C3)C3CCC(C)CC3Cl)CC21. The molecule has 0 aliphatic heterocycles. The summed E-state index contributed by atoms with van der Waals surface area (Å²) in [6, 6.07) is 4.16. The van der Waals surface area contributed by atoms with Gasteiger partial charge in [0.1, 0.15) is 0 Å². The number of alkyl halides is 2. The Morgan fingerprint density at radius 3 is 1.05 bits per heavy atom. The maximum atomic E-state index is 7.71. The highest BCUT2D eigenvalue weighted by Crippen LogP contribution is 2.69. The molecule has 11 saturated carbocycles. The van der Waals surface area contributed by atoms with E-state index in [1.807, 2.05) is 0 Å². The van der Waals surface area contributed by atoms with Crippen LogP contribution in [-0.4, -0.2) is 56.8 Å². The third-order valence-corrected chi connectivity index (χ3v) is 26.8. The van der Waals surface area contributed by atoms with Crippen molar-refractivity contribution in [3.63, 3.8) is 0 Å². The third kappa shape index (κ3) is 7.91. The number of halogens is 2. The van der Waals surface area contributed by atoms with Gasteiger partial charge in [-0.05, 0) is 253 Å². The number of fused-ring (bicyclic) bond motifs is 9. The predicted octanol–water partition coefficient (Wildman–Crippen LogP) is 16.8. The molecule has 22 unspecified atom stereocenters. The van der Waals surface area contributed by atoms with E-state index in [4.69, 9.17) is 23.2 Å². The van der Waals surface area contributed by atoms with E-state index in [1.54, 1.807) is 0 Å². The van der Waals surface area contributed by atoms with Crippen molar-refractivity contribution in [2.45, 2.75) is 282 Å². The van der Waals surface area contributed by atoms with Crippen LogP contribution in [0.15, 0.2) is 0 Å². The van der Waals surface area contributed by atoms with Crippen LogP contribution in [0, 0.1) is 99.1 Å². The highest BCUT2D eigenvalue weighted by atomic mass is 35.5. The van der Waals surface area contributed by atoms with Gasteiger partial charge in [-0.3, -0.25) is 9.80 Å². The van der Waals surface area contributed by atoms with Gasteiger partial charge in [0.15, 0.2) is 0 Å². The Kier molecular flexibility index (Phi) is 13.6.